The highest BCUT2D eigenvalue weighted by Gasteiger charge is 2.47. The van der Waals surface area contributed by atoms with Crippen molar-refractivity contribution in [3.8, 4) is 11.4 Å². The number of aliphatic hydroxyl groups excluding tert-OH is 2. The quantitative estimate of drug-likeness (QED) is 0.328. The van der Waals surface area contributed by atoms with E-state index in [1.54, 1.807) is 18.2 Å². The Morgan fingerprint density at radius 1 is 1.09 bits per heavy atom. The van der Waals surface area contributed by atoms with Crippen molar-refractivity contribution in [3.05, 3.63) is 72.3 Å². The van der Waals surface area contributed by atoms with E-state index in [-0.39, 0.29) is 17.0 Å². The normalized spacial score (nSPS) is 21.8. The molecule has 4 N–H and O–H groups in total. The lowest BCUT2D eigenvalue weighted by Gasteiger charge is -2.17. The van der Waals surface area contributed by atoms with E-state index in [1.807, 2.05) is 30.3 Å². The number of hydrogen-bond acceptors (Lipinski definition) is 8. The van der Waals surface area contributed by atoms with E-state index >= 15 is 0 Å². The number of aromatic nitrogens is 4. The first-order chi connectivity index (χ1) is 17.0. The minimum Gasteiger partial charge on any atom is -0.387 e. The second-order valence-corrected chi connectivity index (χ2v) is 8.08. The number of anilines is 1. The molecule has 180 valence electrons. The number of amides is 1. The molecule has 1 amide bonds. The summed E-state index contributed by atoms with van der Waals surface area (Å²) in [5.41, 5.74) is 1.77. The maximum atomic E-state index is 14.6. The highest BCUT2D eigenvalue weighted by atomic mass is 19.1. The van der Waals surface area contributed by atoms with Crippen LogP contribution in [0.2, 0.25) is 0 Å². The Morgan fingerprint density at radius 2 is 1.83 bits per heavy atom. The molecule has 2 aromatic heterocycles. The Labute approximate surface area is 199 Å². The van der Waals surface area contributed by atoms with Crippen LogP contribution in [0, 0.1) is 5.82 Å². The van der Waals surface area contributed by atoms with Crippen LogP contribution >= 0.6 is 0 Å². The van der Waals surface area contributed by atoms with Crippen LogP contribution in [-0.2, 0) is 16.1 Å². The van der Waals surface area contributed by atoms with Crippen LogP contribution in [0.1, 0.15) is 11.8 Å². The SMILES string of the molecule is CNC(=O)C1OC(n2cnc3c(NCc4ccccc4)nc(-c4ccccc4F)nc32)C(O)C1O. The zero-order chi connectivity index (χ0) is 24.5. The van der Waals surface area contributed by atoms with Gasteiger partial charge in [0.25, 0.3) is 5.91 Å². The first-order valence-electron chi connectivity index (χ1n) is 11.0. The number of nitrogens with zero attached hydrogens (tertiary/aromatic N) is 4. The molecule has 35 heavy (non-hydrogen) atoms. The predicted octanol–water partition coefficient (Wildman–Crippen LogP) is 1.61. The lowest BCUT2D eigenvalue weighted by Crippen LogP contribution is -2.41. The Hall–Kier alpha value is -3.93. The second-order valence-electron chi connectivity index (χ2n) is 8.08. The molecular formula is C24H23FN6O4. The number of fused-ring (bicyclic) bond motifs is 1. The smallest absolute Gasteiger partial charge is 0.251 e. The van der Waals surface area contributed by atoms with Gasteiger partial charge in [0, 0.05) is 13.6 Å². The molecule has 0 radical (unpaired) electrons. The molecule has 4 atom stereocenters. The Kier molecular flexibility index (Phi) is 6.12. The van der Waals surface area contributed by atoms with Gasteiger partial charge in [0.2, 0.25) is 0 Å². The number of nitrogens with one attached hydrogen (secondary N) is 2. The zero-order valence-electron chi connectivity index (χ0n) is 18.7. The van der Waals surface area contributed by atoms with Crippen molar-refractivity contribution in [1.82, 2.24) is 24.8 Å². The van der Waals surface area contributed by atoms with E-state index in [2.05, 4.69) is 25.6 Å². The third kappa shape index (κ3) is 4.20. The van der Waals surface area contributed by atoms with E-state index < -0.39 is 36.3 Å². The van der Waals surface area contributed by atoms with Gasteiger partial charge in [0.15, 0.2) is 35.1 Å². The Bertz CT molecular complexity index is 1360. The maximum Gasteiger partial charge on any atom is 0.251 e. The fourth-order valence-electron chi connectivity index (χ4n) is 4.02. The van der Waals surface area contributed by atoms with Crippen LogP contribution in [0.3, 0.4) is 0 Å². The Morgan fingerprint density at radius 3 is 2.57 bits per heavy atom. The minimum atomic E-state index is -1.46. The second kappa shape index (κ2) is 9.37. The van der Waals surface area contributed by atoms with Gasteiger partial charge < -0.3 is 25.6 Å². The number of rotatable bonds is 6. The molecular weight excluding hydrogens is 455 g/mol. The minimum absolute atomic E-state index is 0.101. The van der Waals surface area contributed by atoms with Crippen LogP contribution in [0.25, 0.3) is 22.6 Å². The number of benzene rings is 2. The predicted molar refractivity (Wildman–Crippen MR) is 124 cm³/mol. The zero-order valence-corrected chi connectivity index (χ0v) is 18.7. The molecule has 0 aliphatic carbocycles. The summed E-state index contributed by atoms with van der Waals surface area (Å²) in [4.78, 5) is 25.5. The number of imidazole rings is 1. The summed E-state index contributed by atoms with van der Waals surface area (Å²) in [7, 11) is 1.41. The van der Waals surface area contributed by atoms with Gasteiger partial charge in [0.1, 0.15) is 18.0 Å². The van der Waals surface area contributed by atoms with Gasteiger partial charge in [-0.05, 0) is 17.7 Å². The van der Waals surface area contributed by atoms with Gasteiger partial charge in [-0.1, -0.05) is 42.5 Å². The van der Waals surface area contributed by atoms with Gasteiger partial charge in [-0.2, -0.15) is 0 Å². The summed E-state index contributed by atoms with van der Waals surface area (Å²) in [5.74, 6) is -0.620. The van der Waals surface area contributed by atoms with E-state index in [4.69, 9.17) is 4.74 Å². The van der Waals surface area contributed by atoms with Crippen LogP contribution < -0.4 is 10.6 Å². The molecule has 11 heteroatoms. The molecule has 1 fully saturated rings. The molecule has 0 spiro atoms. The lowest BCUT2D eigenvalue weighted by atomic mass is 10.1. The van der Waals surface area contributed by atoms with Gasteiger partial charge in [-0.15, -0.1) is 0 Å². The average molecular weight is 478 g/mol. The fraction of sp³-hybridized carbons (Fsp3) is 0.250. The first-order valence-corrected chi connectivity index (χ1v) is 11.0. The molecule has 4 unspecified atom stereocenters. The largest absolute Gasteiger partial charge is 0.387 e. The lowest BCUT2D eigenvalue weighted by molar-refractivity contribution is -0.137. The molecule has 5 rings (SSSR count). The molecule has 4 aromatic rings. The third-order valence-corrected chi connectivity index (χ3v) is 5.86. The number of likely N-dealkylation sites (N-methyl/N-ethyl adjacent to an activating group) is 1. The fourth-order valence-corrected chi connectivity index (χ4v) is 4.02. The number of halogens is 1. The number of hydrogen-bond donors (Lipinski definition) is 4. The van der Waals surface area contributed by atoms with Crippen molar-refractivity contribution in [2.24, 2.45) is 0 Å². The van der Waals surface area contributed by atoms with Crippen LogP contribution in [-0.4, -0.2) is 61.0 Å². The number of ether oxygens (including phenoxy) is 1. The summed E-state index contributed by atoms with van der Waals surface area (Å²) in [6, 6.07) is 15.8. The highest BCUT2D eigenvalue weighted by Crippen LogP contribution is 2.34. The molecule has 10 nitrogen and oxygen atoms in total. The monoisotopic (exact) mass is 478 g/mol. The Balaban J connectivity index is 1.59. The van der Waals surface area contributed by atoms with E-state index in [9.17, 15) is 19.4 Å². The van der Waals surface area contributed by atoms with E-state index in [0.717, 1.165) is 5.56 Å². The third-order valence-electron chi connectivity index (χ3n) is 5.86. The van der Waals surface area contributed by atoms with Crippen molar-refractivity contribution in [1.29, 1.82) is 0 Å². The van der Waals surface area contributed by atoms with Crippen molar-refractivity contribution < 1.29 is 24.1 Å². The molecule has 2 aromatic carbocycles. The van der Waals surface area contributed by atoms with Crippen molar-refractivity contribution in [3.63, 3.8) is 0 Å². The topological polar surface area (TPSA) is 134 Å². The van der Waals surface area contributed by atoms with Crippen LogP contribution in [0.4, 0.5) is 10.2 Å². The standard InChI is InChI=1S/C24H23FN6O4/c1-26-23(34)19-17(32)18(33)24(35-19)31-12-28-16-21(27-11-13-7-3-2-4-8-13)29-20(30-22(16)31)14-9-5-6-10-15(14)25/h2-10,12,17-19,24,32-33H,11H2,1H3,(H,26,34)(H,27,29,30). The number of aliphatic hydroxyl groups is 2. The molecule has 0 bridgehead atoms. The summed E-state index contributed by atoms with van der Waals surface area (Å²) < 4.78 is 21.7. The molecule has 1 saturated heterocycles. The molecule has 1 aliphatic rings. The van der Waals surface area contributed by atoms with Gasteiger partial charge in [-0.3, -0.25) is 9.36 Å². The van der Waals surface area contributed by atoms with Crippen molar-refractivity contribution in [2.75, 3.05) is 12.4 Å². The summed E-state index contributed by atoms with van der Waals surface area (Å²) >= 11 is 0. The van der Waals surface area contributed by atoms with Crippen LogP contribution in [0.15, 0.2) is 60.9 Å². The summed E-state index contributed by atoms with van der Waals surface area (Å²) in [6.45, 7) is 0.427. The summed E-state index contributed by atoms with van der Waals surface area (Å²) in [5, 5.41) is 26.6. The maximum absolute atomic E-state index is 14.6. The van der Waals surface area contributed by atoms with Gasteiger partial charge in [0.05, 0.1) is 11.9 Å². The van der Waals surface area contributed by atoms with Crippen LogP contribution in [0.5, 0.6) is 0 Å². The average Bonchev–Trinajstić information content (AvgIpc) is 3.43. The molecule has 0 saturated carbocycles. The van der Waals surface area contributed by atoms with Gasteiger partial charge >= 0.3 is 0 Å². The van der Waals surface area contributed by atoms with Crippen molar-refractivity contribution >= 4 is 22.9 Å². The molecule has 1 aliphatic heterocycles. The highest BCUT2D eigenvalue weighted by molar-refractivity contribution is 5.85. The molecule has 3 heterocycles. The van der Waals surface area contributed by atoms with E-state index in [1.165, 1.54) is 24.0 Å². The van der Waals surface area contributed by atoms with Crippen molar-refractivity contribution in [2.45, 2.75) is 31.1 Å². The first kappa shape index (κ1) is 22.8. The van der Waals surface area contributed by atoms with E-state index in [0.29, 0.717) is 17.9 Å². The van der Waals surface area contributed by atoms with Gasteiger partial charge in [-0.25, -0.2) is 19.3 Å². The number of carbonyl (C=O) groups is 1. The summed E-state index contributed by atoms with van der Waals surface area (Å²) in [6.07, 6.45) is -3.93. The number of carbonyl (C=O) groups excluding carboxylic acids is 1.